The van der Waals surface area contributed by atoms with Crippen molar-refractivity contribution < 1.29 is 14.0 Å². The highest BCUT2D eigenvalue weighted by Gasteiger charge is 2.47. The van der Waals surface area contributed by atoms with Crippen LogP contribution in [0.5, 0.6) is 0 Å². The topological polar surface area (TPSA) is 64.9 Å². The van der Waals surface area contributed by atoms with E-state index in [1.165, 1.54) is 31.4 Å². The molecule has 0 bridgehead atoms. The van der Waals surface area contributed by atoms with E-state index in [1.807, 2.05) is 23.3 Å². The van der Waals surface area contributed by atoms with Crippen molar-refractivity contribution in [2.45, 2.75) is 77.9 Å². The number of likely N-dealkylation sites (tertiary alicyclic amines) is 3. The van der Waals surface area contributed by atoms with Crippen LogP contribution in [0, 0.1) is 29.5 Å². The predicted molar refractivity (Wildman–Crippen MR) is 188 cm³/mol. The first-order valence-electron chi connectivity index (χ1n) is 18.0. The van der Waals surface area contributed by atoms with Crippen molar-refractivity contribution >= 4 is 34.3 Å². The molecule has 0 radical (unpaired) electrons. The number of halogens is 2. The van der Waals surface area contributed by atoms with Crippen molar-refractivity contribution in [1.29, 1.82) is 0 Å². The van der Waals surface area contributed by atoms with Crippen molar-refractivity contribution in [2.75, 3.05) is 46.3 Å². The van der Waals surface area contributed by atoms with E-state index in [2.05, 4.69) is 27.9 Å². The lowest BCUT2D eigenvalue weighted by atomic mass is 9.73. The number of aromatic nitrogens is 2. The van der Waals surface area contributed by atoms with Gasteiger partial charge in [-0.2, -0.15) is 0 Å². The molecule has 1 aliphatic carbocycles. The Morgan fingerprint density at radius 1 is 1.08 bits per heavy atom. The lowest BCUT2D eigenvalue weighted by molar-refractivity contribution is -0.128. The predicted octanol–water partition coefficient (Wildman–Crippen LogP) is 6.13. The molecular weight excluding hydrogens is 627 g/mol. The van der Waals surface area contributed by atoms with Crippen LogP contribution < -0.4 is 0 Å². The number of pyridine rings is 1. The standard InChI is InChI=1S/C38H50ClFN6O2/c1-6-34(26-12-31(13-26)45-20-28-18-44(24(4)47)19-29(28)21-45)43-10-9-25(17-43)11-27-22-46(36-16-41-15-33(39)37(27)36)35-8-7-30(40)14-32(35)38(48)42(5)23(2)3/h7-8,14-16,22-23,25-26,28-29,31,34H,6,9-13,17-21H2,1-5H3/t25-,26?,28-,29?,31?,34-/m1/s1. The van der Waals surface area contributed by atoms with Crippen LogP contribution in [0.3, 0.4) is 0 Å². The minimum Gasteiger partial charge on any atom is -0.342 e. The second kappa shape index (κ2) is 13.4. The zero-order valence-electron chi connectivity index (χ0n) is 29.0. The van der Waals surface area contributed by atoms with Crippen LogP contribution in [0.4, 0.5) is 4.39 Å². The van der Waals surface area contributed by atoms with Crippen LogP contribution >= 0.6 is 11.6 Å². The Morgan fingerprint density at radius 3 is 2.48 bits per heavy atom. The molecule has 4 fully saturated rings. The Bertz CT molecular complexity index is 1670. The van der Waals surface area contributed by atoms with Gasteiger partial charge in [-0.1, -0.05) is 18.5 Å². The lowest BCUT2D eigenvalue weighted by Gasteiger charge is -2.47. The minimum atomic E-state index is -0.439. The second-order valence-corrected chi connectivity index (χ2v) is 15.7. The Hall–Kier alpha value is -3.01. The van der Waals surface area contributed by atoms with Gasteiger partial charge >= 0.3 is 0 Å². The summed E-state index contributed by atoms with van der Waals surface area (Å²) >= 11 is 6.81. The fourth-order valence-corrected chi connectivity index (χ4v) is 9.52. The molecule has 0 N–H and O–H groups in total. The van der Waals surface area contributed by atoms with Gasteiger partial charge < -0.3 is 14.4 Å². The monoisotopic (exact) mass is 676 g/mol. The van der Waals surface area contributed by atoms with Gasteiger partial charge in [0.15, 0.2) is 0 Å². The van der Waals surface area contributed by atoms with Gasteiger partial charge in [0, 0.05) is 82.6 Å². The molecule has 48 heavy (non-hydrogen) atoms. The summed E-state index contributed by atoms with van der Waals surface area (Å²) in [7, 11) is 1.75. The van der Waals surface area contributed by atoms with Gasteiger partial charge in [0.25, 0.3) is 5.91 Å². The molecule has 3 aliphatic heterocycles. The van der Waals surface area contributed by atoms with E-state index < -0.39 is 5.82 Å². The van der Waals surface area contributed by atoms with E-state index in [1.54, 1.807) is 37.3 Å². The summed E-state index contributed by atoms with van der Waals surface area (Å²) in [4.78, 5) is 38.9. The number of carbonyl (C=O) groups excluding carboxylic acids is 2. The first-order chi connectivity index (χ1) is 23.0. The van der Waals surface area contributed by atoms with Gasteiger partial charge in [0.05, 0.1) is 28.0 Å². The molecule has 0 spiro atoms. The molecule has 8 nitrogen and oxygen atoms in total. The number of amides is 2. The molecule has 10 heteroatoms. The number of rotatable bonds is 9. The van der Waals surface area contributed by atoms with Crippen LogP contribution in [-0.4, -0.2) is 105 Å². The average molecular weight is 677 g/mol. The maximum Gasteiger partial charge on any atom is 0.256 e. The van der Waals surface area contributed by atoms with Crippen LogP contribution in [0.1, 0.15) is 69.3 Å². The smallest absolute Gasteiger partial charge is 0.256 e. The molecule has 1 saturated carbocycles. The lowest BCUT2D eigenvalue weighted by Crippen LogP contribution is -2.52. The SMILES string of the molecule is CC[C@H](C1CC(N2CC3CN(C(C)=O)C[C@@H]3C2)C1)N1CC[C@H](Cc2cn(-c3ccc(F)cc3C(=O)N(C)C(C)C)c3cncc(Cl)c23)C1. The summed E-state index contributed by atoms with van der Waals surface area (Å²) in [6, 6.07) is 5.72. The Kier molecular flexibility index (Phi) is 9.32. The molecule has 258 valence electrons. The maximum atomic E-state index is 14.5. The van der Waals surface area contributed by atoms with Crippen molar-refractivity contribution in [3.8, 4) is 5.69 Å². The summed E-state index contributed by atoms with van der Waals surface area (Å²) in [5.74, 6) is 2.12. The molecule has 5 heterocycles. The highest BCUT2D eigenvalue weighted by molar-refractivity contribution is 6.35. The van der Waals surface area contributed by atoms with Gasteiger partial charge in [-0.05, 0) is 99.9 Å². The summed E-state index contributed by atoms with van der Waals surface area (Å²) in [5.41, 5.74) is 2.92. The number of benzene rings is 1. The fraction of sp³-hybridized carbons (Fsp3) is 0.605. The number of carbonyl (C=O) groups is 2. The maximum absolute atomic E-state index is 14.5. The zero-order valence-corrected chi connectivity index (χ0v) is 29.8. The van der Waals surface area contributed by atoms with E-state index in [0.717, 1.165) is 74.5 Å². The Labute approximate surface area is 289 Å². The number of hydrogen-bond donors (Lipinski definition) is 0. The fourth-order valence-electron chi connectivity index (χ4n) is 9.24. The van der Waals surface area contributed by atoms with Crippen molar-refractivity contribution in [2.24, 2.45) is 23.7 Å². The third kappa shape index (κ3) is 6.15. The van der Waals surface area contributed by atoms with Gasteiger partial charge in [-0.3, -0.25) is 24.4 Å². The summed E-state index contributed by atoms with van der Waals surface area (Å²) in [6.07, 6.45) is 11.4. The Morgan fingerprint density at radius 2 is 1.81 bits per heavy atom. The first-order valence-corrected chi connectivity index (χ1v) is 18.3. The highest BCUT2D eigenvalue weighted by atomic mass is 35.5. The first kappa shape index (κ1) is 33.5. The largest absolute Gasteiger partial charge is 0.342 e. The summed E-state index contributed by atoms with van der Waals surface area (Å²) < 4.78 is 16.5. The van der Waals surface area contributed by atoms with Crippen molar-refractivity contribution in [3.05, 3.63) is 58.8 Å². The van der Waals surface area contributed by atoms with Gasteiger partial charge in [0.1, 0.15) is 5.82 Å². The zero-order chi connectivity index (χ0) is 33.9. The van der Waals surface area contributed by atoms with E-state index in [0.29, 0.717) is 46.1 Å². The van der Waals surface area contributed by atoms with E-state index in [9.17, 15) is 14.0 Å². The molecule has 7 rings (SSSR count). The van der Waals surface area contributed by atoms with Gasteiger partial charge in [-0.15, -0.1) is 0 Å². The molecule has 3 aromatic rings. The van der Waals surface area contributed by atoms with Crippen molar-refractivity contribution in [3.63, 3.8) is 0 Å². The van der Waals surface area contributed by atoms with E-state index >= 15 is 0 Å². The molecule has 1 aromatic carbocycles. The number of fused-ring (bicyclic) bond motifs is 2. The van der Waals surface area contributed by atoms with E-state index in [-0.39, 0.29) is 17.9 Å². The third-order valence-corrected chi connectivity index (χ3v) is 12.5. The molecular formula is C38H50ClFN6O2. The number of nitrogens with zero attached hydrogens (tertiary/aromatic N) is 6. The van der Waals surface area contributed by atoms with E-state index in [4.69, 9.17) is 11.6 Å². The van der Waals surface area contributed by atoms with Gasteiger partial charge in [0.2, 0.25) is 5.91 Å². The normalized spacial score (nSPS) is 26.8. The van der Waals surface area contributed by atoms with Crippen LogP contribution in [0.25, 0.3) is 16.6 Å². The summed E-state index contributed by atoms with van der Waals surface area (Å²) in [6.45, 7) is 14.3. The molecule has 2 amide bonds. The van der Waals surface area contributed by atoms with Crippen LogP contribution in [0.2, 0.25) is 5.02 Å². The highest BCUT2D eigenvalue weighted by Crippen LogP contribution is 2.43. The van der Waals surface area contributed by atoms with Crippen LogP contribution in [-0.2, 0) is 11.2 Å². The Balaban J connectivity index is 1.04. The third-order valence-electron chi connectivity index (χ3n) is 12.2. The molecule has 4 aliphatic rings. The quantitative estimate of drug-likeness (QED) is 0.273. The molecule has 4 atom stereocenters. The molecule has 2 aromatic heterocycles. The second-order valence-electron chi connectivity index (χ2n) is 15.3. The minimum absolute atomic E-state index is 0.0233. The average Bonchev–Trinajstić information content (AvgIpc) is 3.82. The van der Waals surface area contributed by atoms with Gasteiger partial charge in [-0.25, -0.2) is 4.39 Å². The number of hydrogen-bond acceptors (Lipinski definition) is 5. The molecule has 1 unspecified atom stereocenters. The summed E-state index contributed by atoms with van der Waals surface area (Å²) in [5, 5.41) is 1.55. The molecule has 3 saturated heterocycles. The van der Waals surface area contributed by atoms with Crippen LogP contribution in [0.15, 0.2) is 36.8 Å². The van der Waals surface area contributed by atoms with Crippen molar-refractivity contribution in [1.82, 2.24) is 29.2 Å².